The van der Waals surface area contributed by atoms with Crippen molar-refractivity contribution in [3.05, 3.63) is 71.8 Å². The molecule has 108 valence electrons. The van der Waals surface area contributed by atoms with Crippen molar-refractivity contribution < 1.29 is 5.11 Å². The second kappa shape index (κ2) is 5.24. The Balaban J connectivity index is 2.03. The molecule has 0 radical (unpaired) electrons. The van der Waals surface area contributed by atoms with E-state index in [1.54, 1.807) is 0 Å². The Labute approximate surface area is 133 Å². The topological polar surface area (TPSA) is 20.2 Å². The van der Waals surface area contributed by atoms with E-state index in [0.29, 0.717) is 0 Å². The summed E-state index contributed by atoms with van der Waals surface area (Å²) in [5.74, 6) is 0. The van der Waals surface area contributed by atoms with Crippen LogP contribution < -0.4 is 0 Å². The van der Waals surface area contributed by atoms with Gasteiger partial charge in [-0.3, -0.25) is 0 Å². The van der Waals surface area contributed by atoms with Gasteiger partial charge in [0.15, 0.2) is 0 Å². The van der Waals surface area contributed by atoms with Crippen LogP contribution >= 0.6 is 11.3 Å². The van der Waals surface area contributed by atoms with Crippen molar-refractivity contribution in [2.24, 2.45) is 0 Å². The number of fused-ring (bicyclic) bond motifs is 3. The summed E-state index contributed by atoms with van der Waals surface area (Å²) in [6.45, 7) is 2.22. The van der Waals surface area contributed by atoms with E-state index < -0.39 is 0 Å². The monoisotopic (exact) mass is 304 g/mol. The summed E-state index contributed by atoms with van der Waals surface area (Å²) in [6.07, 6.45) is 0. The van der Waals surface area contributed by atoms with Crippen LogP contribution in [0.15, 0.2) is 60.7 Å². The molecule has 0 spiro atoms. The standard InChI is InChI=1S/C20H16OS/c1-13-10-18-16-8-4-5-9-19(16)22-20(18)11-17(13)15-7-3-2-6-14(15)12-21/h2-11,21H,12H2,1H3. The zero-order valence-electron chi connectivity index (χ0n) is 12.3. The SMILES string of the molecule is Cc1cc2c(cc1-c1ccccc1CO)sc1ccccc12. The lowest BCUT2D eigenvalue weighted by Crippen LogP contribution is -1.91. The number of thiophene rings is 1. The van der Waals surface area contributed by atoms with Crippen LogP contribution in [0.5, 0.6) is 0 Å². The predicted octanol–water partition coefficient (Wildman–Crippen LogP) is 5.52. The summed E-state index contributed by atoms with van der Waals surface area (Å²) in [5.41, 5.74) is 4.56. The third-order valence-electron chi connectivity index (χ3n) is 4.20. The Bertz CT molecular complexity index is 982. The van der Waals surface area contributed by atoms with E-state index >= 15 is 0 Å². The first-order valence-corrected chi connectivity index (χ1v) is 8.20. The van der Waals surface area contributed by atoms with Crippen molar-refractivity contribution in [1.29, 1.82) is 0 Å². The molecule has 0 saturated carbocycles. The molecule has 1 nitrogen and oxygen atoms in total. The lowest BCUT2D eigenvalue weighted by molar-refractivity contribution is 0.282. The minimum absolute atomic E-state index is 0.0695. The zero-order valence-corrected chi connectivity index (χ0v) is 13.2. The third-order valence-corrected chi connectivity index (χ3v) is 5.34. The van der Waals surface area contributed by atoms with Crippen LogP contribution in [0.4, 0.5) is 0 Å². The van der Waals surface area contributed by atoms with Gasteiger partial charge in [-0.2, -0.15) is 0 Å². The molecule has 0 aliphatic carbocycles. The number of hydrogen-bond donors (Lipinski definition) is 1. The second-order valence-electron chi connectivity index (χ2n) is 5.58. The molecule has 1 aromatic heterocycles. The number of aryl methyl sites for hydroxylation is 1. The molecule has 0 amide bonds. The van der Waals surface area contributed by atoms with Gasteiger partial charge in [-0.05, 0) is 47.4 Å². The molecule has 0 fully saturated rings. The Kier molecular flexibility index (Phi) is 3.21. The van der Waals surface area contributed by atoms with Crippen molar-refractivity contribution in [1.82, 2.24) is 0 Å². The number of rotatable bonds is 2. The summed E-state index contributed by atoms with van der Waals surface area (Å²) in [4.78, 5) is 0. The maximum absolute atomic E-state index is 9.60. The highest BCUT2D eigenvalue weighted by molar-refractivity contribution is 7.25. The molecule has 0 unspecified atom stereocenters. The molecule has 0 bridgehead atoms. The highest BCUT2D eigenvalue weighted by atomic mass is 32.1. The molecule has 22 heavy (non-hydrogen) atoms. The lowest BCUT2D eigenvalue weighted by atomic mass is 9.95. The number of hydrogen-bond acceptors (Lipinski definition) is 2. The van der Waals surface area contributed by atoms with Gasteiger partial charge >= 0.3 is 0 Å². The van der Waals surface area contributed by atoms with Gasteiger partial charge in [0.1, 0.15) is 0 Å². The molecule has 4 rings (SSSR count). The van der Waals surface area contributed by atoms with Crippen molar-refractivity contribution in [3.63, 3.8) is 0 Å². The van der Waals surface area contributed by atoms with Gasteiger partial charge in [0, 0.05) is 20.2 Å². The Morgan fingerprint density at radius 1 is 0.818 bits per heavy atom. The number of aliphatic hydroxyl groups is 1. The van der Waals surface area contributed by atoms with Crippen LogP contribution in [0.25, 0.3) is 31.3 Å². The van der Waals surface area contributed by atoms with Crippen molar-refractivity contribution in [2.75, 3.05) is 0 Å². The van der Waals surface area contributed by atoms with E-state index in [4.69, 9.17) is 0 Å². The Morgan fingerprint density at radius 2 is 1.59 bits per heavy atom. The molecule has 4 aromatic rings. The van der Waals surface area contributed by atoms with Crippen molar-refractivity contribution in [3.8, 4) is 11.1 Å². The summed E-state index contributed by atoms with van der Waals surface area (Å²) >= 11 is 1.83. The molecule has 2 heteroatoms. The minimum atomic E-state index is 0.0695. The highest BCUT2D eigenvalue weighted by Crippen LogP contribution is 2.38. The zero-order chi connectivity index (χ0) is 15.1. The summed E-state index contributed by atoms with van der Waals surface area (Å²) in [7, 11) is 0. The van der Waals surface area contributed by atoms with E-state index in [9.17, 15) is 5.11 Å². The van der Waals surface area contributed by atoms with E-state index in [1.807, 2.05) is 29.5 Å². The van der Waals surface area contributed by atoms with Gasteiger partial charge in [0.05, 0.1) is 6.61 Å². The normalized spacial score (nSPS) is 11.4. The predicted molar refractivity (Wildman–Crippen MR) is 95.4 cm³/mol. The van der Waals surface area contributed by atoms with Gasteiger partial charge < -0.3 is 5.11 Å². The summed E-state index contributed by atoms with van der Waals surface area (Å²) < 4.78 is 2.62. The van der Waals surface area contributed by atoms with E-state index in [2.05, 4.69) is 49.4 Å². The van der Waals surface area contributed by atoms with Crippen LogP contribution in [-0.4, -0.2) is 5.11 Å². The van der Waals surface area contributed by atoms with Crippen LogP contribution in [-0.2, 0) is 6.61 Å². The molecule has 0 aliphatic rings. The van der Waals surface area contributed by atoms with Crippen LogP contribution in [0, 0.1) is 6.92 Å². The van der Waals surface area contributed by atoms with E-state index in [0.717, 1.165) is 11.1 Å². The maximum atomic E-state index is 9.60. The molecule has 0 atom stereocenters. The molecule has 3 aromatic carbocycles. The summed E-state index contributed by atoms with van der Waals surface area (Å²) in [5, 5.41) is 12.2. The van der Waals surface area contributed by atoms with Crippen LogP contribution in [0.2, 0.25) is 0 Å². The first kappa shape index (κ1) is 13.5. The van der Waals surface area contributed by atoms with Gasteiger partial charge in [-0.15, -0.1) is 11.3 Å². The van der Waals surface area contributed by atoms with E-state index in [1.165, 1.54) is 31.3 Å². The quantitative estimate of drug-likeness (QED) is 0.517. The fourth-order valence-electron chi connectivity index (χ4n) is 3.09. The Morgan fingerprint density at radius 3 is 2.45 bits per heavy atom. The molecule has 1 N–H and O–H groups in total. The van der Waals surface area contributed by atoms with Crippen LogP contribution in [0.1, 0.15) is 11.1 Å². The fourth-order valence-corrected chi connectivity index (χ4v) is 4.22. The van der Waals surface area contributed by atoms with Gasteiger partial charge in [-0.1, -0.05) is 42.5 Å². The smallest absolute Gasteiger partial charge is 0.0687 e. The molecule has 0 aliphatic heterocycles. The maximum Gasteiger partial charge on any atom is 0.0687 e. The molecular weight excluding hydrogens is 288 g/mol. The number of benzene rings is 3. The lowest BCUT2D eigenvalue weighted by Gasteiger charge is -2.11. The second-order valence-corrected chi connectivity index (χ2v) is 6.66. The molecular formula is C20H16OS. The number of aliphatic hydroxyl groups excluding tert-OH is 1. The fraction of sp³-hybridized carbons (Fsp3) is 0.100. The van der Waals surface area contributed by atoms with E-state index in [-0.39, 0.29) is 6.61 Å². The van der Waals surface area contributed by atoms with Crippen molar-refractivity contribution >= 4 is 31.5 Å². The average molecular weight is 304 g/mol. The van der Waals surface area contributed by atoms with Gasteiger partial charge in [0.25, 0.3) is 0 Å². The van der Waals surface area contributed by atoms with Gasteiger partial charge in [-0.25, -0.2) is 0 Å². The van der Waals surface area contributed by atoms with Crippen molar-refractivity contribution in [2.45, 2.75) is 13.5 Å². The first-order valence-electron chi connectivity index (χ1n) is 7.39. The third kappa shape index (κ3) is 2.04. The van der Waals surface area contributed by atoms with Gasteiger partial charge in [0.2, 0.25) is 0 Å². The van der Waals surface area contributed by atoms with Crippen LogP contribution in [0.3, 0.4) is 0 Å². The molecule has 0 saturated heterocycles. The minimum Gasteiger partial charge on any atom is -0.392 e. The first-order chi connectivity index (χ1) is 10.8. The molecule has 1 heterocycles. The summed E-state index contributed by atoms with van der Waals surface area (Å²) in [6, 6.07) is 21.2. The average Bonchev–Trinajstić information content (AvgIpc) is 2.92. The highest BCUT2D eigenvalue weighted by Gasteiger charge is 2.11. The largest absolute Gasteiger partial charge is 0.392 e. The Hall–Kier alpha value is -2.16.